The molecule has 17 heavy (non-hydrogen) atoms. The van der Waals surface area contributed by atoms with Gasteiger partial charge in [0.2, 0.25) is 0 Å². The number of hydrogen-bond donors (Lipinski definition) is 1. The quantitative estimate of drug-likeness (QED) is 0.932. The van der Waals surface area contributed by atoms with Crippen molar-refractivity contribution in [1.29, 1.82) is 0 Å². The molecule has 0 saturated heterocycles. The van der Waals surface area contributed by atoms with Crippen molar-refractivity contribution in [3.63, 3.8) is 0 Å². The zero-order valence-corrected chi connectivity index (χ0v) is 11.0. The molecule has 0 heterocycles. The zero-order chi connectivity index (χ0) is 12.5. The molecule has 0 spiro atoms. The fraction of sp³-hybridized carbons (Fsp3) is 0.462. The third-order valence-electron chi connectivity index (χ3n) is 3.32. The van der Waals surface area contributed by atoms with Crippen molar-refractivity contribution < 1.29 is 14.3 Å². The molecular formula is C13H14BrFO2. The normalized spacial score (nSPS) is 18.3. The van der Waals surface area contributed by atoms with E-state index < -0.39 is 11.4 Å². The van der Waals surface area contributed by atoms with Crippen molar-refractivity contribution in [2.75, 3.05) is 0 Å². The molecule has 1 aliphatic rings. The Kier molecular flexibility index (Phi) is 3.64. The van der Waals surface area contributed by atoms with E-state index in [4.69, 9.17) is 0 Å². The van der Waals surface area contributed by atoms with Crippen LogP contribution in [0, 0.1) is 5.82 Å². The third-order valence-corrected chi connectivity index (χ3v) is 3.81. The highest BCUT2D eigenvalue weighted by atomic mass is 79.9. The van der Waals surface area contributed by atoms with Gasteiger partial charge in [0.05, 0.1) is 0 Å². The lowest BCUT2D eigenvalue weighted by molar-refractivity contribution is -0.136. The Morgan fingerprint density at radius 3 is 2.65 bits per heavy atom. The second-order valence-electron chi connectivity index (χ2n) is 4.57. The molecule has 2 rings (SSSR count). The summed E-state index contributed by atoms with van der Waals surface area (Å²) in [4.78, 5) is 11.9. The largest absolute Gasteiger partial charge is 0.382 e. The predicted molar refractivity (Wildman–Crippen MR) is 66.2 cm³/mol. The van der Waals surface area contributed by atoms with Crippen LogP contribution in [0.2, 0.25) is 0 Å². The van der Waals surface area contributed by atoms with Gasteiger partial charge in [-0.05, 0) is 43.4 Å². The molecule has 0 aromatic heterocycles. The van der Waals surface area contributed by atoms with Crippen molar-refractivity contribution in [2.45, 2.75) is 37.7 Å². The van der Waals surface area contributed by atoms with Gasteiger partial charge in [0.1, 0.15) is 11.4 Å². The van der Waals surface area contributed by atoms with Crippen LogP contribution in [0.25, 0.3) is 0 Å². The molecule has 92 valence electrons. The number of Topliss-reactive ketones (excluding diaryl/α,β-unsaturated/α-hetero) is 1. The third kappa shape index (κ3) is 2.75. The van der Waals surface area contributed by atoms with Gasteiger partial charge in [-0.15, -0.1) is 0 Å². The van der Waals surface area contributed by atoms with Crippen molar-refractivity contribution >= 4 is 21.7 Å². The van der Waals surface area contributed by atoms with Crippen LogP contribution in [0.5, 0.6) is 0 Å². The van der Waals surface area contributed by atoms with Crippen LogP contribution in [0.1, 0.15) is 31.2 Å². The average Bonchev–Trinajstić information content (AvgIpc) is 2.71. The Hall–Kier alpha value is -0.740. The molecule has 0 atom stereocenters. The molecule has 1 N–H and O–H groups in total. The van der Waals surface area contributed by atoms with E-state index >= 15 is 0 Å². The molecule has 1 aliphatic carbocycles. The number of carbonyl (C=O) groups is 1. The molecule has 0 bridgehead atoms. The number of ketones is 1. The topological polar surface area (TPSA) is 37.3 Å². The maximum Gasteiger partial charge on any atom is 0.168 e. The van der Waals surface area contributed by atoms with Crippen LogP contribution in [0.15, 0.2) is 22.7 Å². The van der Waals surface area contributed by atoms with Crippen LogP contribution in [-0.4, -0.2) is 16.5 Å². The lowest BCUT2D eigenvalue weighted by Gasteiger charge is -2.20. The van der Waals surface area contributed by atoms with Crippen molar-refractivity contribution in [3.8, 4) is 0 Å². The van der Waals surface area contributed by atoms with E-state index in [9.17, 15) is 14.3 Å². The Bertz CT molecular complexity index is 439. The van der Waals surface area contributed by atoms with E-state index in [1.807, 2.05) is 0 Å². The van der Waals surface area contributed by atoms with Crippen LogP contribution in [-0.2, 0) is 11.2 Å². The first kappa shape index (κ1) is 12.7. The van der Waals surface area contributed by atoms with Crippen molar-refractivity contribution in [1.82, 2.24) is 0 Å². The minimum absolute atomic E-state index is 0.0321. The van der Waals surface area contributed by atoms with Gasteiger partial charge in [-0.2, -0.15) is 0 Å². The average molecular weight is 301 g/mol. The molecule has 0 radical (unpaired) electrons. The number of benzene rings is 1. The predicted octanol–water partition coefficient (Wildman–Crippen LogP) is 3.00. The van der Waals surface area contributed by atoms with Crippen LogP contribution >= 0.6 is 15.9 Å². The molecule has 1 fully saturated rings. The van der Waals surface area contributed by atoms with E-state index in [1.54, 1.807) is 12.1 Å². The molecule has 2 nitrogen and oxygen atoms in total. The highest BCUT2D eigenvalue weighted by molar-refractivity contribution is 9.10. The second kappa shape index (κ2) is 4.86. The monoisotopic (exact) mass is 300 g/mol. The van der Waals surface area contributed by atoms with Crippen molar-refractivity contribution in [2.24, 2.45) is 0 Å². The summed E-state index contributed by atoms with van der Waals surface area (Å²) in [5.74, 6) is -0.675. The second-order valence-corrected chi connectivity index (χ2v) is 5.49. The maximum absolute atomic E-state index is 13.6. The van der Waals surface area contributed by atoms with Crippen molar-refractivity contribution in [3.05, 3.63) is 34.1 Å². The first-order valence-electron chi connectivity index (χ1n) is 5.71. The van der Waals surface area contributed by atoms with Gasteiger partial charge in [0.15, 0.2) is 5.78 Å². The number of halogens is 2. The molecule has 0 unspecified atom stereocenters. The van der Waals surface area contributed by atoms with Gasteiger partial charge < -0.3 is 5.11 Å². The number of aliphatic hydroxyl groups is 1. The Labute approximate surface area is 108 Å². The summed E-state index contributed by atoms with van der Waals surface area (Å²) in [7, 11) is 0. The number of carbonyl (C=O) groups excluding carboxylic acids is 1. The summed E-state index contributed by atoms with van der Waals surface area (Å²) in [6.07, 6.45) is 2.71. The standard InChI is InChI=1S/C13H14BrFO2/c14-10-4-3-9(11(15)8-10)7-12(16)13(17)5-1-2-6-13/h3-4,8,17H,1-2,5-7H2. The van der Waals surface area contributed by atoms with E-state index in [0.29, 0.717) is 22.9 Å². The molecule has 4 heteroatoms. The molecule has 0 aliphatic heterocycles. The Morgan fingerprint density at radius 2 is 2.06 bits per heavy atom. The highest BCUT2D eigenvalue weighted by Crippen LogP contribution is 2.31. The molecule has 0 amide bonds. The first-order chi connectivity index (χ1) is 8.01. The van der Waals surface area contributed by atoms with Gasteiger partial charge in [-0.3, -0.25) is 4.79 Å². The minimum atomic E-state index is -1.22. The fourth-order valence-corrected chi connectivity index (χ4v) is 2.57. The smallest absolute Gasteiger partial charge is 0.168 e. The zero-order valence-electron chi connectivity index (χ0n) is 9.38. The molecule has 1 aromatic carbocycles. The van der Waals surface area contributed by atoms with Gasteiger partial charge in [-0.25, -0.2) is 4.39 Å². The first-order valence-corrected chi connectivity index (χ1v) is 6.50. The van der Waals surface area contributed by atoms with Gasteiger partial charge in [0, 0.05) is 10.9 Å². The van der Waals surface area contributed by atoms with Crippen LogP contribution < -0.4 is 0 Å². The molecular weight excluding hydrogens is 287 g/mol. The maximum atomic E-state index is 13.6. The molecule has 1 aromatic rings. The van der Waals surface area contributed by atoms with Gasteiger partial charge in [0.25, 0.3) is 0 Å². The number of rotatable bonds is 3. The summed E-state index contributed by atoms with van der Waals surface area (Å²) in [5.41, 5.74) is -0.877. The summed E-state index contributed by atoms with van der Waals surface area (Å²) < 4.78 is 14.2. The van der Waals surface area contributed by atoms with E-state index in [0.717, 1.165) is 12.8 Å². The summed E-state index contributed by atoms with van der Waals surface area (Å²) in [6, 6.07) is 4.61. The highest BCUT2D eigenvalue weighted by Gasteiger charge is 2.38. The minimum Gasteiger partial charge on any atom is -0.382 e. The summed E-state index contributed by atoms with van der Waals surface area (Å²) in [6.45, 7) is 0. The van der Waals surface area contributed by atoms with Gasteiger partial charge in [-0.1, -0.05) is 22.0 Å². The fourth-order valence-electron chi connectivity index (χ4n) is 2.24. The summed E-state index contributed by atoms with van der Waals surface area (Å²) in [5, 5.41) is 10.1. The van der Waals surface area contributed by atoms with E-state index in [1.165, 1.54) is 6.07 Å². The Balaban J connectivity index is 2.13. The summed E-state index contributed by atoms with van der Waals surface area (Å²) >= 11 is 3.17. The lowest BCUT2D eigenvalue weighted by atomic mass is 9.92. The van der Waals surface area contributed by atoms with Crippen LogP contribution in [0.3, 0.4) is 0 Å². The number of hydrogen-bond acceptors (Lipinski definition) is 2. The van der Waals surface area contributed by atoms with Gasteiger partial charge >= 0.3 is 0 Å². The van der Waals surface area contributed by atoms with Crippen LogP contribution in [0.4, 0.5) is 4.39 Å². The lowest BCUT2D eigenvalue weighted by Crippen LogP contribution is -2.36. The Morgan fingerprint density at radius 1 is 1.41 bits per heavy atom. The SMILES string of the molecule is O=C(Cc1ccc(Br)cc1F)C1(O)CCCC1. The van der Waals surface area contributed by atoms with E-state index in [2.05, 4.69) is 15.9 Å². The molecule has 1 saturated carbocycles. The van der Waals surface area contributed by atoms with E-state index in [-0.39, 0.29) is 12.2 Å².